The average Bonchev–Trinajstić information content (AvgIpc) is 2.67. The van der Waals surface area contributed by atoms with E-state index in [9.17, 15) is 9.90 Å². The van der Waals surface area contributed by atoms with Gasteiger partial charge in [-0.25, -0.2) is 0 Å². The van der Waals surface area contributed by atoms with E-state index in [1.807, 2.05) is 42.5 Å². The van der Waals surface area contributed by atoms with E-state index in [0.717, 1.165) is 29.5 Å². The highest BCUT2D eigenvalue weighted by Gasteiger charge is 2.40. The average molecular weight is 366 g/mol. The van der Waals surface area contributed by atoms with Crippen LogP contribution in [0, 0.1) is 5.92 Å². The molecule has 0 amide bonds. The highest BCUT2D eigenvalue weighted by atomic mass is 16.5. The van der Waals surface area contributed by atoms with Crippen molar-refractivity contribution in [3.63, 3.8) is 0 Å². The van der Waals surface area contributed by atoms with Crippen LogP contribution in [0.2, 0.25) is 0 Å². The van der Waals surface area contributed by atoms with E-state index in [4.69, 9.17) is 9.47 Å². The van der Waals surface area contributed by atoms with Gasteiger partial charge in [0.1, 0.15) is 5.78 Å². The van der Waals surface area contributed by atoms with Crippen LogP contribution in [0.5, 0.6) is 0 Å². The predicted molar refractivity (Wildman–Crippen MR) is 102 cm³/mol. The predicted octanol–water partition coefficient (Wildman–Crippen LogP) is 3.44. The molecule has 0 saturated heterocycles. The van der Waals surface area contributed by atoms with Crippen molar-refractivity contribution in [1.29, 1.82) is 0 Å². The number of ether oxygens (including phenoxy) is 2. The van der Waals surface area contributed by atoms with Crippen molar-refractivity contribution in [2.45, 2.75) is 57.2 Å². The van der Waals surface area contributed by atoms with E-state index in [2.05, 4.69) is 12.1 Å². The van der Waals surface area contributed by atoms with E-state index >= 15 is 0 Å². The monoisotopic (exact) mass is 366 g/mol. The maximum atomic E-state index is 12.2. The molecule has 0 bridgehead atoms. The van der Waals surface area contributed by atoms with Crippen LogP contribution in [0.15, 0.2) is 54.6 Å². The lowest BCUT2D eigenvalue weighted by molar-refractivity contribution is -0.146. The second kappa shape index (κ2) is 8.34. The van der Waals surface area contributed by atoms with Crippen molar-refractivity contribution in [1.82, 2.24) is 0 Å². The number of rotatable bonds is 8. The number of benzene rings is 2. The lowest BCUT2D eigenvalue weighted by Gasteiger charge is -2.35. The van der Waals surface area contributed by atoms with Crippen molar-refractivity contribution in [2.24, 2.45) is 5.92 Å². The highest BCUT2D eigenvalue weighted by Crippen LogP contribution is 2.32. The topological polar surface area (TPSA) is 55.8 Å². The molecule has 2 aromatic rings. The van der Waals surface area contributed by atoms with Crippen LogP contribution in [0.25, 0.3) is 0 Å². The number of aliphatic hydroxyl groups excluding tert-OH is 1. The van der Waals surface area contributed by atoms with Gasteiger partial charge in [0.15, 0.2) is 0 Å². The molecule has 0 radical (unpaired) electrons. The number of aliphatic hydroxyl groups is 1. The molecule has 4 rings (SSSR count). The zero-order valence-corrected chi connectivity index (χ0v) is 15.4. The number of hydrogen-bond donors (Lipinski definition) is 1. The lowest BCUT2D eigenvalue weighted by atomic mass is 9.76. The van der Waals surface area contributed by atoms with Gasteiger partial charge in [0.05, 0.1) is 31.5 Å². The first-order valence-electron chi connectivity index (χ1n) is 9.73. The van der Waals surface area contributed by atoms with Crippen molar-refractivity contribution in [3.8, 4) is 0 Å². The Morgan fingerprint density at radius 1 is 0.889 bits per heavy atom. The number of hydrogen-bond acceptors (Lipinski definition) is 4. The van der Waals surface area contributed by atoms with Crippen molar-refractivity contribution >= 4 is 5.78 Å². The van der Waals surface area contributed by atoms with Gasteiger partial charge >= 0.3 is 0 Å². The van der Waals surface area contributed by atoms with Gasteiger partial charge in [0, 0.05) is 12.3 Å². The molecule has 0 spiro atoms. The Labute approximate surface area is 160 Å². The van der Waals surface area contributed by atoms with Gasteiger partial charge in [-0.2, -0.15) is 0 Å². The molecule has 2 aliphatic rings. The van der Waals surface area contributed by atoms with Crippen LogP contribution in [-0.4, -0.2) is 29.2 Å². The molecule has 2 aromatic carbocycles. The fourth-order valence-corrected chi connectivity index (χ4v) is 3.75. The second-order valence-corrected chi connectivity index (χ2v) is 7.64. The van der Waals surface area contributed by atoms with Gasteiger partial charge < -0.3 is 14.6 Å². The number of ketones is 1. The Hall–Kier alpha value is -2.01. The Balaban J connectivity index is 1.34. The zero-order valence-electron chi connectivity index (χ0n) is 15.4. The standard InChI is InChI=1S/C23H26O4/c24-19-11-20(12-19)26-15-18-9-5-4-8-17(18)10-21-22(25)13-23(21)27-14-16-6-2-1-3-7-16/h1-9,19-21,23-24H,10-15H2/t19?,20?,21-,23?/m1/s1. The number of carbonyl (C=O) groups is 1. The van der Waals surface area contributed by atoms with E-state index in [1.54, 1.807) is 0 Å². The van der Waals surface area contributed by atoms with Gasteiger partial charge in [-0.05, 0) is 36.0 Å². The van der Waals surface area contributed by atoms with E-state index in [1.165, 1.54) is 0 Å². The molecule has 4 nitrogen and oxygen atoms in total. The first kappa shape index (κ1) is 18.4. The van der Waals surface area contributed by atoms with Crippen LogP contribution in [0.4, 0.5) is 0 Å². The minimum absolute atomic E-state index is 0.00606. The molecule has 0 aliphatic heterocycles. The minimum atomic E-state index is -0.208. The van der Waals surface area contributed by atoms with Gasteiger partial charge in [-0.1, -0.05) is 54.6 Å². The van der Waals surface area contributed by atoms with E-state index < -0.39 is 0 Å². The molecule has 1 N–H and O–H groups in total. The van der Waals surface area contributed by atoms with Gasteiger partial charge in [-0.15, -0.1) is 0 Å². The summed E-state index contributed by atoms with van der Waals surface area (Å²) in [6.45, 7) is 1.08. The second-order valence-electron chi connectivity index (χ2n) is 7.64. The van der Waals surface area contributed by atoms with Crippen LogP contribution < -0.4 is 0 Å². The fourth-order valence-electron chi connectivity index (χ4n) is 3.75. The molecule has 2 aliphatic carbocycles. The van der Waals surface area contributed by atoms with Crippen molar-refractivity contribution < 1.29 is 19.4 Å². The molecule has 1 unspecified atom stereocenters. The quantitative estimate of drug-likeness (QED) is 0.778. The number of Topliss-reactive ketones (excluding diaryl/α,β-unsaturated/α-hetero) is 1. The van der Waals surface area contributed by atoms with Crippen LogP contribution in [-0.2, 0) is 33.9 Å². The molecular weight excluding hydrogens is 340 g/mol. The van der Waals surface area contributed by atoms with E-state index in [0.29, 0.717) is 26.1 Å². The zero-order chi connectivity index (χ0) is 18.6. The van der Waals surface area contributed by atoms with Crippen molar-refractivity contribution in [2.75, 3.05) is 0 Å². The summed E-state index contributed by atoms with van der Waals surface area (Å²) in [7, 11) is 0. The Bertz CT molecular complexity index is 767. The summed E-state index contributed by atoms with van der Waals surface area (Å²) in [5.41, 5.74) is 3.41. The first-order valence-corrected chi connectivity index (χ1v) is 9.73. The molecule has 0 aromatic heterocycles. The molecule has 27 heavy (non-hydrogen) atoms. The first-order chi connectivity index (χ1) is 13.2. The molecule has 0 heterocycles. The number of carbonyl (C=O) groups excluding carboxylic acids is 1. The summed E-state index contributed by atoms with van der Waals surface area (Å²) in [6, 6.07) is 18.2. The van der Waals surface area contributed by atoms with Gasteiger partial charge in [0.25, 0.3) is 0 Å². The molecule has 2 fully saturated rings. The third-order valence-electron chi connectivity index (χ3n) is 5.67. The van der Waals surface area contributed by atoms with Gasteiger partial charge in [-0.3, -0.25) is 4.79 Å². The summed E-state index contributed by atoms with van der Waals surface area (Å²) < 4.78 is 11.9. The summed E-state index contributed by atoms with van der Waals surface area (Å²) >= 11 is 0. The maximum Gasteiger partial charge on any atom is 0.141 e. The largest absolute Gasteiger partial charge is 0.393 e. The minimum Gasteiger partial charge on any atom is -0.393 e. The highest BCUT2D eigenvalue weighted by molar-refractivity contribution is 5.88. The fraction of sp³-hybridized carbons (Fsp3) is 0.435. The molecule has 2 saturated carbocycles. The normalized spacial score (nSPS) is 27.1. The maximum absolute atomic E-state index is 12.2. The Morgan fingerprint density at radius 2 is 1.59 bits per heavy atom. The van der Waals surface area contributed by atoms with Crippen LogP contribution >= 0.6 is 0 Å². The summed E-state index contributed by atoms with van der Waals surface area (Å²) in [5.74, 6) is 0.214. The van der Waals surface area contributed by atoms with Crippen molar-refractivity contribution in [3.05, 3.63) is 71.3 Å². The third kappa shape index (κ3) is 4.46. The third-order valence-corrected chi connectivity index (χ3v) is 5.67. The Kier molecular flexibility index (Phi) is 5.67. The molecule has 4 heteroatoms. The van der Waals surface area contributed by atoms with E-state index in [-0.39, 0.29) is 30.0 Å². The lowest BCUT2D eigenvalue weighted by Crippen LogP contribution is -2.45. The SMILES string of the molecule is O=C1CC(OCc2ccccc2)[C@@H]1Cc1ccccc1COC1CC(O)C1. The summed E-state index contributed by atoms with van der Waals surface area (Å²) in [5, 5.41) is 9.39. The van der Waals surface area contributed by atoms with Crippen LogP contribution in [0.1, 0.15) is 36.0 Å². The Morgan fingerprint density at radius 3 is 2.30 bits per heavy atom. The summed E-state index contributed by atoms with van der Waals surface area (Å²) in [4.78, 5) is 12.2. The smallest absolute Gasteiger partial charge is 0.141 e. The van der Waals surface area contributed by atoms with Crippen LogP contribution in [0.3, 0.4) is 0 Å². The van der Waals surface area contributed by atoms with Gasteiger partial charge in [0.2, 0.25) is 0 Å². The summed E-state index contributed by atoms with van der Waals surface area (Å²) in [6.07, 6.45) is 2.59. The molecule has 2 atom stereocenters. The molecule has 142 valence electrons. The molecular formula is C23H26O4.